The van der Waals surface area contributed by atoms with Crippen LogP contribution in [0.4, 0.5) is 13.2 Å². The zero-order valence-corrected chi connectivity index (χ0v) is 24.3. The summed E-state index contributed by atoms with van der Waals surface area (Å²) in [6.07, 6.45) is -5.03. The number of benzene rings is 2. The summed E-state index contributed by atoms with van der Waals surface area (Å²) in [5, 5.41) is 4.30. The summed E-state index contributed by atoms with van der Waals surface area (Å²) in [4.78, 5) is 26.4. The van der Waals surface area contributed by atoms with E-state index in [4.69, 9.17) is 25.5 Å². The van der Waals surface area contributed by atoms with E-state index in [0.717, 1.165) is 35.2 Å². The molecule has 0 saturated heterocycles. The van der Waals surface area contributed by atoms with Gasteiger partial charge in [-0.2, -0.15) is 26.3 Å². The highest BCUT2D eigenvalue weighted by atomic mass is 35.5. The van der Waals surface area contributed by atoms with Crippen LogP contribution in [0.5, 0.6) is 5.75 Å². The highest BCUT2D eigenvalue weighted by Crippen LogP contribution is 2.30. The van der Waals surface area contributed by atoms with Crippen LogP contribution in [0.1, 0.15) is 24.5 Å². The van der Waals surface area contributed by atoms with Crippen molar-refractivity contribution in [3.63, 3.8) is 0 Å². The van der Waals surface area contributed by atoms with Crippen LogP contribution in [0.25, 0.3) is 11.5 Å². The van der Waals surface area contributed by atoms with Gasteiger partial charge >= 0.3 is 17.9 Å². The first-order chi connectivity index (χ1) is 19.0. The molecule has 1 unspecified atom stereocenters. The Morgan fingerprint density at radius 2 is 1.76 bits per heavy atom. The van der Waals surface area contributed by atoms with Crippen LogP contribution in [-0.4, -0.2) is 69.4 Å². The molecule has 0 aliphatic rings. The second kappa shape index (κ2) is 14.5. The summed E-state index contributed by atoms with van der Waals surface area (Å²) in [6, 6.07) is 8.29. The molecule has 1 atom stereocenters. The van der Waals surface area contributed by atoms with Crippen molar-refractivity contribution in [2.45, 2.75) is 32.2 Å². The van der Waals surface area contributed by atoms with Gasteiger partial charge in [0, 0.05) is 16.1 Å². The zero-order valence-electron chi connectivity index (χ0n) is 22.8. The third kappa shape index (κ3) is 11.2. The Hall–Kier alpha value is -3.40. The van der Waals surface area contributed by atoms with Gasteiger partial charge in [0.2, 0.25) is 12.7 Å². The molecule has 226 valence electrons. The van der Waals surface area contributed by atoms with Crippen LogP contribution < -0.4 is 10.5 Å². The van der Waals surface area contributed by atoms with Crippen molar-refractivity contribution in [2.24, 2.45) is 0 Å². The number of carbonyl (C=O) groups is 1. The second-order valence-electron chi connectivity index (χ2n) is 8.92. The molecule has 11 nitrogen and oxygen atoms in total. The summed E-state index contributed by atoms with van der Waals surface area (Å²) in [5.74, 6) is -1.90. The largest absolute Gasteiger partial charge is 0.457 e. The molecule has 0 radical (unpaired) electrons. The third-order valence-corrected chi connectivity index (χ3v) is 5.57. The van der Waals surface area contributed by atoms with Crippen LogP contribution in [0, 0.1) is 0 Å². The number of halogens is 4. The van der Waals surface area contributed by atoms with E-state index in [1.54, 1.807) is 0 Å². The highest BCUT2D eigenvalue weighted by molar-refractivity contribution is 7.86. The fourth-order valence-corrected chi connectivity index (χ4v) is 3.86. The Morgan fingerprint density at radius 1 is 1.15 bits per heavy atom. The first-order valence-electron chi connectivity index (χ1n) is 11.8. The SMILES string of the molecule is CCC(OS(C)(=O)=O)C(=O)OCOc1ccc(Cl)cc1Cn1nc(-c2ccc(C(F)(F)F)cc2)oc1=O.CN(C)C. The minimum absolute atomic E-state index is 0.0362. The van der Waals surface area contributed by atoms with Crippen LogP contribution in [0.15, 0.2) is 51.7 Å². The van der Waals surface area contributed by atoms with Crippen LogP contribution >= 0.6 is 11.6 Å². The van der Waals surface area contributed by atoms with E-state index >= 15 is 0 Å². The average Bonchev–Trinajstić information content (AvgIpc) is 3.22. The van der Waals surface area contributed by atoms with Gasteiger partial charge in [-0.3, -0.25) is 4.18 Å². The number of esters is 1. The summed E-state index contributed by atoms with van der Waals surface area (Å²) < 4.78 is 81.9. The van der Waals surface area contributed by atoms with Crippen molar-refractivity contribution in [1.82, 2.24) is 14.7 Å². The lowest BCUT2D eigenvalue weighted by Gasteiger charge is -2.15. The Kier molecular flexibility index (Phi) is 11.9. The standard InChI is InChI=1S/C22H20ClF3N2O8S.C3H9N/c1-3-17(36-37(2,31)32)20(29)34-12-33-18-9-8-16(23)10-14(18)11-28-21(30)35-19(27-28)13-4-6-15(7-5-13)22(24,25)26;1-4(2)3/h4-10,17H,3,11-12H2,1-2H3;1-3H3. The van der Waals surface area contributed by atoms with E-state index in [1.165, 1.54) is 25.1 Å². The molecule has 1 aromatic heterocycles. The fraction of sp³-hybridized carbons (Fsp3) is 0.400. The van der Waals surface area contributed by atoms with Crippen molar-refractivity contribution in [3.05, 3.63) is 69.2 Å². The summed E-state index contributed by atoms with van der Waals surface area (Å²) in [5.41, 5.74) is -0.384. The van der Waals surface area contributed by atoms with Gasteiger partial charge in [-0.15, -0.1) is 5.10 Å². The van der Waals surface area contributed by atoms with Gasteiger partial charge in [0.1, 0.15) is 5.75 Å². The lowest BCUT2D eigenvalue weighted by Crippen LogP contribution is -2.29. The number of carbonyl (C=O) groups excluding carboxylic acids is 1. The van der Waals surface area contributed by atoms with Gasteiger partial charge in [0.05, 0.1) is 18.4 Å². The summed E-state index contributed by atoms with van der Waals surface area (Å²) in [6.45, 7) is 0.715. The molecule has 0 spiro atoms. The molecule has 3 aromatic rings. The molecule has 16 heteroatoms. The van der Waals surface area contributed by atoms with Gasteiger partial charge in [-0.1, -0.05) is 18.5 Å². The zero-order chi connectivity index (χ0) is 31.0. The third-order valence-electron chi connectivity index (χ3n) is 4.75. The number of alkyl halides is 3. The number of nitrogens with zero attached hydrogens (tertiary/aromatic N) is 3. The molecular formula is C25H29ClF3N3O8S. The fourth-order valence-electron chi connectivity index (χ4n) is 3.03. The topological polar surface area (TPSA) is 130 Å². The minimum Gasteiger partial charge on any atom is -0.457 e. The van der Waals surface area contributed by atoms with Crippen molar-refractivity contribution in [1.29, 1.82) is 0 Å². The molecule has 0 bridgehead atoms. The Labute approximate surface area is 239 Å². The number of aromatic nitrogens is 2. The Bertz CT molecular complexity index is 1470. The molecule has 0 N–H and O–H groups in total. The van der Waals surface area contributed by atoms with Gasteiger partial charge < -0.3 is 18.8 Å². The predicted octanol–water partition coefficient (Wildman–Crippen LogP) is 4.04. The molecule has 0 aliphatic carbocycles. The van der Waals surface area contributed by atoms with Crippen molar-refractivity contribution < 1.29 is 44.5 Å². The predicted molar refractivity (Wildman–Crippen MR) is 143 cm³/mol. The van der Waals surface area contributed by atoms with E-state index in [-0.39, 0.29) is 35.2 Å². The Morgan fingerprint density at radius 3 is 2.29 bits per heavy atom. The van der Waals surface area contributed by atoms with Gasteiger partial charge in [0.25, 0.3) is 10.1 Å². The highest BCUT2D eigenvalue weighted by Gasteiger charge is 2.30. The van der Waals surface area contributed by atoms with E-state index in [0.29, 0.717) is 5.56 Å². The average molecular weight is 624 g/mol. The molecule has 3 rings (SSSR count). The maximum atomic E-state index is 12.8. The summed E-state index contributed by atoms with van der Waals surface area (Å²) >= 11 is 6.04. The van der Waals surface area contributed by atoms with E-state index in [1.807, 2.05) is 26.0 Å². The molecule has 0 fully saturated rings. The molecule has 0 aliphatic heterocycles. The molecule has 0 saturated carbocycles. The van der Waals surface area contributed by atoms with Crippen molar-refractivity contribution >= 4 is 27.7 Å². The van der Waals surface area contributed by atoms with Gasteiger partial charge in [-0.25, -0.2) is 9.59 Å². The normalized spacial score (nSPS) is 12.4. The molecular weight excluding hydrogens is 595 g/mol. The monoisotopic (exact) mass is 623 g/mol. The number of hydrogen-bond donors (Lipinski definition) is 0. The molecule has 2 aromatic carbocycles. The lowest BCUT2D eigenvalue weighted by atomic mass is 10.1. The molecule has 1 heterocycles. The molecule has 0 amide bonds. The molecule has 41 heavy (non-hydrogen) atoms. The lowest BCUT2D eigenvalue weighted by molar-refractivity contribution is -0.158. The quantitative estimate of drug-likeness (QED) is 0.185. The second-order valence-corrected chi connectivity index (χ2v) is 11.0. The van der Waals surface area contributed by atoms with Crippen molar-refractivity contribution in [3.8, 4) is 17.2 Å². The first-order valence-corrected chi connectivity index (χ1v) is 14.0. The van der Waals surface area contributed by atoms with Gasteiger partial charge in [0.15, 0.2) is 6.10 Å². The van der Waals surface area contributed by atoms with Gasteiger partial charge in [-0.05, 0) is 70.0 Å². The first kappa shape index (κ1) is 33.8. The van der Waals surface area contributed by atoms with Crippen LogP contribution in [0.2, 0.25) is 5.02 Å². The van der Waals surface area contributed by atoms with Crippen molar-refractivity contribution in [2.75, 3.05) is 34.2 Å². The maximum Gasteiger partial charge on any atom is 0.437 e. The maximum absolute atomic E-state index is 12.8. The Balaban J connectivity index is 0.00000138. The van der Waals surface area contributed by atoms with E-state index < -0.39 is 46.5 Å². The van der Waals surface area contributed by atoms with E-state index in [2.05, 4.69) is 9.28 Å². The number of ether oxygens (including phenoxy) is 2. The number of rotatable bonds is 10. The number of hydrogen-bond acceptors (Lipinski definition) is 10. The van der Waals surface area contributed by atoms with E-state index in [9.17, 15) is 31.2 Å². The minimum atomic E-state index is -4.52. The van der Waals surface area contributed by atoms with Crippen LogP contribution in [0.3, 0.4) is 0 Å². The van der Waals surface area contributed by atoms with Crippen LogP contribution in [-0.2, 0) is 36.6 Å². The smallest absolute Gasteiger partial charge is 0.437 e. The summed E-state index contributed by atoms with van der Waals surface area (Å²) in [7, 11) is 2.11.